The third-order valence-electron chi connectivity index (χ3n) is 4.71. The lowest BCUT2D eigenvalue weighted by atomic mass is 10.3. The zero-order valence-corrected chi connectivity index (χ0v) is 18.0. The first kappa shape index (κ1) is 20.4. The molecule has 0 unspecified atom stereocenters. The molecular formula is C19H20N4O5S2. The average Bonchev–Trinajstić information content (AvgIpc) is 3.47. The number of nitrogens with zero attached hydrogens (tertiary/aromatic N) is 3. The number of thiophene rings is 1. The van der Waals surface area contributed by atoms with E-state index in [1.165, 1.54) is 24.5 Å². The fraction of sp³-hybridized carbons (Fsp3) is 0.316. The number of rotatable bonds is 6. The average molecular weight is 449 g/mol. The Bertz CT molecular complexity index is 1180. The highest BCUT2D eigenvalue weighted by Gasteiger charge is 2.27. The van der Waals surface area contributed by atoms with Crippen molar-refractivity contribution in [2.24, 2.45) is 0 Å². The van der Waals surface area contributed by atoms with Crippen LogP contribution in [0, 0.1) is 6.92 Å². The number of aromatic nitrogens is 2. The quantitative estimate of drug-likeness (QED) is 0.616. The number of carbonyl (C=O) groups excluding carboxylic acids is 1. The summed E-state index contributed by atoms with van der Waals surface area (Å²) in [5, 5.41) is 3.87. The van der Waals surface area contributed by atoms with Crippen molar-refractivity contribution in [1.29, 1.82) is 0 Å². The van der Waals surface area contributed by atoms with Gasteiger partial charge >= 0.3 is 11.8 Å². The summed E-state index contributed by atoms with van der Waals surface area (Å²) >= 11 is 1.22. The summed E-state index contributed by atoms with van der Waals surface area (Å²) < 4.78 is 38.6. The third-order valence-corrected chi connectivity index (χ3v) is 7.39. The zero-order valence-electron chi connectivity index (χ0n) is 16.4. The van der Waals surface area contributed by atoms with Crippen molar-refractivity contribution < 1.29 is 22.5 Å². The molecule has 1 aliphatic rings. The van der Waals surface area contributed by atoms with Gasteiger partial charge in [0.15, 0.2) is 0 Å². The fourth-order valence-corrected chi connectivity index (χ4v) is 5.77. The summed E-state index contributed by atoms with van der Waals surface area (Å²) in [7, 11) is -2.32. The first-order valence-corrected chi connectivity index (χ1v) is 11.6. The number of aryl methyl sites for hydroxylation is 1. The maximum absolute atomic E-state index is 12.9. The molecule has 158 valence electrons. The zero-order chi connectivity index (χ0) is 21.3. The van der Waals surface area contributed by atoms with Gasteiger partial charge in [0.1, 0.15) is 10.6 Å². The number of hydrogen-bond acceptors (Lipinski definition) is 8. The lowest BCUT2D eigenvalue weighted by Gasteiger charge is -2.10. The van der Waals surface area contributed by atoms with Gasteiger partial charge in [0.25, 0.3) is 10.0 Å². The van der Waals surface area contributed by atoms with Gasteiger partial charge in [-0.1, -0.05) is 11.2 Å². The number of anilines is 1. The summed E-state index contributed by atoms with van der Waals surface area (Å²) in [4.78, 5) is 19.4. The van der Waals surface area contributed by atoms with Crippen molar-refractivity contribution in [2.75, 3.05) is 24.9 Å². The molecule has 0 radical (unpaired) electrons. The van der Waals surface area contributed by atoms with Crippen LogP contribution >= 0.6 is 11.3 Å². The van der Waals surface area contributed by atoms with Crippen molar-refractivity contribution in [2.45, 2.75) is 24.7 Å². The van der Waals surface area contributed by atoms with Gasteiger partial charge < -0.3 is 14.2 Å². The maximum Gasteiger partial charge on any atom is 0.316 e. The second-order valence-corrected chi connectivity index (χ2v) is 9.70. The van der Waals surface area contributed by atoms with E-state index in [0.717, 1.165) is 12.8 Å². The first-order valence-electron chi connectivity index (χ1n) is 9.28. The van der Waals surface area contributed by atoms with Crippen LogP contribution in [0.1, 0.15) is 28.4 Å². The number of methoxy groups -OCH3 is 1. The molecule has 1 N–H and O–H groups in total. The number of hydrogen-bond donors (Lipinski definition) is 1. The second-order valence-electron chi connectivity index (χ2n) is 6.79. The van der Waals surface area contributed by atoms with E-state index >= 15 is 0 Å². The lowest BCUT2D eigenvalue weighted by molar-refractivity contribution is 0.0743. The van der Waals surface area contributed by atoms with Gasteiger partial charge in [-0.05, 0) is 38.0 Å². The topological polar surface area (TPSA) is 115 Å². The number of carbonyl (C=O) groups is 1. The highest BCUT2D eigenvalue weighted by molar-refractivity contribution is 7.93. The van der Waals surface area contributed by atoms with Gasteiger partial charge in [-0.3, -0.25) is 9.52 Å². The SMILES string of the molecule is COc1cccc(NS(=O)(=O)c2cc(-c3noc(C(=O)N4CCCC4)n3)sc2C)c1. The molecule has 0 aliphatic carbocycles. The summed E-state index contributed by atoms with van der Waals surface area (Å²) in [6.45, 7) is 3.05. The Morgan fingerprint density at radius 1 is 1.27 bits per heavy atom. The molecule has 2 aromatic heterocycles. The summed E-state index contributed by atoms with van der Waals surface area (Å²) in [5.41, 5.74) is 0.388. The minimum atomic E-state index is -3.84. The number of likely N-dealkylation sites (tertiary alicyclic amines) is 1. The number of amides is 1. The van der Waals surface area contributed by atoms with Gasteiger partial charge in [-0.25, -0.2) is 8.42 Å². The molecule has 4 rings (SSSR count). The predicted molar refractivity (Wildman–Crippen MR) is 111 cm³/mol. The molecule has 0 atom stereocenters. The first-order chi connectivity index (χ1) is 14.4. The number of nitrogens with one attached hydrogen (secondary N) is 1. The summed E-state index contributed by atoms with van der Waals surface area (Å²) in [6.07, 6.45) is 1.91. The van der Waals surface area contributed by atoms with E-state index in [1.54, 1.807) is 36.1 Å². The van der Waals surface area contributed by atoms with Crippen LogP contribution in [0.5, 0.6) is 5.75 Å². The molecule has 30 heavy (non-hydrogen) atoms. The molecule has 1 aliphatic heterocycles. The van der Waals surface area contributed by atoms with E-state index in [9.17, 15) is 13.2 Å². The predicted octanol–water partition coefficient (Wildman–Crippen LogP) is 3.15. The molecule has 1 fully saturated rings. The lowest BCUT2D eigenvalue weighted by Crippen LogP contribution is -2.27. The maximum atomic E-state index is 12.9. The van der Waals surface area contributed by atoms with Crippen LogP contribution < -0.4 is 9.46 Å². The van der Waals surface area contributed by atoms with Crippen molar-refractivity contribution in [3.63, 3.8) is 0 Å². The van der Waals surface area contributed by atoms with Gasteiger partial charge in [0.05, 0.1) is 17.7 Å². The minimum absolute atomic E-state index is 0.0862. The normalized spacial score (nSPS) is 14.1. The molecule has 0 saturated carbocycles. The third kappa shape index (κ3) is 4.03. The standard InChI is InChI=1S/C19H20N4O5S2/c1-12-16(30(25,26)22-13-6-5-7-14(10-13)27-2)11-15(29-12)17-20-18(28-21-17)19(24)23-8-3-4-9-23/h5-7,10-11,22H,3-4,8-9H2,1-2H3. The van der Waals surface area contributed by atoms with E-state index in [-0.39, 0.29) is 22.5 Å². The fourth-order valence-electron chi connectivity index (χ4n) is 3.20. The van der Waals surface area contributed by atoms with Gasteiger partial charge in [-0.15, -0.1) is 11.3 Å². The Kier molecular flexibility index (Phi) is 5.48. The van der Waals surface area contributed by atoms with Crippen LogP contribution in [0.2, 0.25) is 0 Å². The van der Waals surface area contributed by atoms with Gasteiger partial charge in [0, 0.05) is 24.0 Å². The Labute approximate surface area is 177 Å². The van der Waals surface area contributed by atoms with Gasteiger partial charge in [-0.2, -0.15) is 4.98 Å². The van der Waals surface area contributed by atoms with Gasteiger partial charge in [0.2, 0.25) is 5.82 Å². The van der Waals surface area contributed by atoms with E-state index in [1.807, 2.05) is 0 Å². The largest absolute Gasteiger partial charge is 0.497 e. The molecule has 1 amide bonds. The van der Waals surface area contributed by atoms with Crippen LogP contribution in [0.3, 0.4) is 0 Å². The van der Waals surface area contributed by atoms with Crippen molar-refractivity contribution >= 4 is 33.0 Å². The molecule has 3 heterocycles. The molecular weight excluding hydrogens is 428 g/mol. The van der Waals surface area contributed by atoms with Crippen LogP contribution in [0.15, 0.2) is 39.8 Å². The summed E-state index contributed by atoms with van der Waals surface area (Å²) in [6, 6.07) is 8.13. The molecule has 3 aromatic rings. The second kappa shape index (κ2) is 8.07. The minimum Gasteiger partial charge on any atom is -0.497 e. The number of benzene rings is 1. The van der Waals surface area contributed by atoms with E-state index in [0.29, 0.717) is 34.3 Å². The smallest absolute Gasteiger partial charge is 0.316 e. The van der Waals surface area contributed by atoms with E-state index < -0.39 is 10.0 Å². The van der Waals surface area contributed by atoms with Crippen LogP contribution in [0.25, 0.3) is 10.7 Å². The number of sulfonamides is 1. The molecule has 1 saturated heterocycles. The van der Waals surface area contributed by atoms with Crippen molar-refractivity contribution in [1.82, 2.24) is 15.0 Å². The molecule has 11 heteroatoms. The molecule has 0 spiro atoms. The van der Waals surface area contributed by atoms with Crippen molar-refractivity contribution in [3.05, 3.63) is 41.1 Å². The van der Waals surface area contributed by atoms with Crippen LogP contribution in [0.4, 0.5) is 5.69 Å². The Hall–Kier alpha value is -2.92. The Morgan fingerprint density at radius 2 is 2.03 bits per heavy atom. The van der Waals surface area contributed by atoms with Crippen molar-refractivity contribution in [3.8, 4) is 16.5 Å². The molecule has 0 bridgehead atoms. The summed E-state index contributed by atoms with van der Waals surface area (Å²) in [5.74, 6) is 0.345. The Morgan fingerprint density at radius 3 is 2.77 bits per heavy atom. The van der Waals surface area contributed by atoms with E-state index in [4.69, 9.17) is 9.26 Å². The molecule has 9 nitrogen and oxygen atoms in total. The number of ether oxygens (including phenoxy) is 1. The monoisotopic (exact) mass is 448 g/mol. The Balaban J connectivity index is 1.57. The highest BCUT2D eigenvalue weighted by Crippen LogP contribution is 2.33. The highest BCUT2D eigenvalue weighted by atomic mass is 32.2. The van der Waals surface area contributed by atoms with Crippen LogP contribution in [-0.2, 0) is 10.0 Å². The molecule has 1 aromatic carbocycles. The van der Waals surface area contributed by atoms with E-state index in [2.05, 4.69) is 14.9 Å². The van der Waals surface area contributed by atoms with Crippen LogP contribution in [-0.4, -0.2) is 49.6 Å².